The van der Waals surface area contributed by atoms with E-state index in [2.05, 4.69) is 11.1 Å². The van der Waals surface area contributed by atoms with E-state index in [0.29, 0.717) is 6.54 Å². The molecule has 0 saturated heterocycles. The van der Waals surface area contributed by atoms with Gasteiger partial charge in [0.1, 0.15) is 0 Å². The van der Waals surface area contributed by atoms with Gasteiger partial charge < -0.3 is 0 Å². The minimum absolute atomic E-state index is 0.651. The van der Waals surface area contributed by atoms with E-state index in [1.165, 1.54) is 0 Å². The van der Waals surface area contributed by atoms with Crippen LogP contribution in [0.4, 0.5) is 5.69 Å². The Labute approximate surface area is 137 Å². The zero-order valence-corrected chi connectivity index (χ0v) is 13.2. The molecule has 0 fully saturated rings. The fraction of sp³-hybridized carbons (Fsp3) is 0.0556. The molecule has 2 aromatic heterocycles. The molecule has 4 nitrogen and oxygen atoms in total. The molecule has 112 valence electrons. The number of allylic oxidation sites excluding steroid dienone is 1. The number of para-hydroxylation sites is 3. The van der Waals surface area contributed by atoms with E-state index in [1.807, 2.05) is 60.7 Å². The third kappa shape index (κ3) is 2.55. The summed E-state index contributed by atoms with van der Waals surface area (Å²) in [4.78, 5) is 16.0. The maximum absolute atomic E-state index is 4.76. The first-order valence-corrected chi connectivity index (χ1v) is 8.13. The molecule has 0 amide bonds. The molecule has 0 atom stereocenters. The lowest BCUT2D eigenvalue weighted by atomic mass is 10.3. The van der Waals surface area contributed by atoms with Crippen LogP contribution in [0.2, 0.25) is 0 Å². The van der Waals surface area contributed by atoms with E-state index in [1.54, 1.807) is 11.3 Å². The Balaban J connectivity index is 2.03. The Hall–Kier alpha value is -2.79. The summed E-state index contributed by atoms with van der Waals surface area (Å²) in [6.07, 6.45) is 1.85. The van der Waals surface area contributed by atoms with Crippen molar-refractivity contribution < 1.29 is 0 Å². The van der Waals surface area contributed by atoms with E-state index in [0.717, 1.165) is 32.0 Å². The van der Waals surface area contributed by atoms with Gasteiger partial charge in [-0.1, -0.05) is 47.7 Å². The second-order valence-corrected chi connectivity index (χ2v) is 6.03. The average molecular weight is 318 g/mol. The van der Waals surface area contributed by atoms with Crippen LogP contribution in [0.1, 0.15) is 0 Å². The summed E-state index contributed by atoms with van der Waals surface area (Å²) < 4.78 is 2.06. The predicted octanol–water partition coefficient (Wildman–Crippen LogP) is 4.06. The quantitative estimate of drug-likeness (QED) is 0.535. The molecule has 0 bridgehead atoms. The largest absolute Gasteiger partial charge is 0.296 e. The molecule has 0 radical (unpaired) electrons. The number of hydrogen-bond acceptors (Lipinski definition) is 4. The maximum Gasteiger partial charge on any atom is 0.193 e. The Morgan fingerprint density at radius 1 is 1.00 bits per heavy atom. The average Bonchev–Trinajstić information content (AvgIpc) is 2.91. The molecule has 0 aliphatic heterocycles. The van der Waals surface area contributed by atoms with E-state index in [9.17, 15) is 0 Å². The molecule has 2 heterocycles. The maximum atomic E-state index is 4.76. The van der Waals surface area contributed by atoms with E-state index in [4.69, 9.17) is 15.0 Å². The van der Waals surface area contributed by atoms with Crippen LogP contribution in [0.15, 0.2) is 72.2 Å². The second kappa shape index (κ2) is 5.78. The highest BCUT2D eigenvalue weighted by Gasteiger charge is 2.10. The highest BCUT2D eigenvalue weighted by molar-refractivity contribution is 7.15. The molecular weight excluding hydrogens is 304 g/mol. The van der Waals surface area contributed by atoms with E-state index < -0.39 is 0 Å². The van der Waals surface area contributed by atoms with Gasteiger partial charge in [-0.2, -0.15) is 0 Å². The van der Waals surface area contributed by atoms with E-state index in [-0.39, 0.29) is 0 Å². The van der Waals surface area contributed by atoms with Crippen LogP contribution < -0.4 is 4.80 Å². The molecule has 4 aromatic rings. The number of rotatable bonds is 3. The molecule has 0 saturated carbocycles. The summed E-state index contributed by atoms with van der Waals surface area (Å²) in [5, 5.41) is 0. The Bertz CT molecular complexity index is 1060. The van der Waals surface area contributed by atoms with Crippen molar-refractivity contribution in [1.82, 2.24) is 14.5 Å². The molecule has 5 heteroatoms. The Morgan fingerprint density at radius 2 is 1.70 bits per heavy atom. The lowest BCUT2D eigenvalue weighted by molar-refractivity contribution is 0.813. The van der Waals surface area contributed by atoms with Crippen LogP contribution in [0.5, 0.6) is 0 Å². The van der Waals surface area contributed by atoms with Gasteiger partial charge in [0, 0.05) is 6.54 Å². The Kier molecular flexibility index (Phi) is 3.48. The van der Waals surface area contributed by atoms with Gasteiger partial charge >= 0.3 is 0 Å². The standard InChI is InChI=1S/C18H14N4S/c1-2-12-22-16-17(21-15-11-7-6-10-14(15)20-16)23-18(22)19-13-8-4-3-5-9-13/h2-11H,1,12H2. The Morgan fingerprint density at radius 3 is 2.43 bits per heavy atom. The SMILES string of the molecule is C=CCn1c(=Nc2ccccc2)sc2nc3ccccc3nc21. The van der Waals surface area contributed by atoms with Gasteiger partial charge in [0.05, 0.1) is 16.7 Å². The predicted molar refractivity (Wildman–Crippen MR) is 94.8 cm³/mol. The molecule has 0 N–H and O–H groups in total. The highest BCUT2D eigenvalue weighted by Crippen LogP contribution is 2.19. The number of fused-ring (bicyclic) bond motifs is 2. The van der Waals surface area contributed by atoms with Crippen molar-refractivity contribution >= 4 is 38.5 Å². The number of benzene rings is 2. The topological polar surface area (TPSA) is 43.1 Å². The summed E-state index contributed by atoms with van der Waals surface area (Å²) in [5.41, 5.74) is 3.56. The summed E-state index contributed by atoms with van der Waals surface area (Å²) in [6, 6.07) is 17.8. The van der Waals surface area contributed by atoms with Gasteiger partial charge in [0.25, 0.3) is 0 Å². The van der Waals surface area contributed by atoms with Crippen molar-refractivity contribution in [3.63, 3.8) is 0 Å². The van der Waals surface area contributed by atoms with Gasteiger partial charge in [-0.15, -0.1) is 6.58 Å². The lowest BCUT2D eigenvalue weighted by Gasteiger charge is -2.01. The molecular formula is C18H14N4S. The number of aromatic nitrogens is 3. The molecule has 4 rings (SSSR count). The smallest absolute Gasteiger partial charge is 0.193 e. The van der Waals surface area contributed by atoms with Crippen LogP contribution >= 0.6 is 11.3 Å². The summed E-state index contributed by atoms with van der Waals surface area (Å²) in [6.45, 7) is 4.50. The van der Waals surface area contributed by atoms with Gasteiger partial charge in [-0.3, -0.25) is 4.57 Å². The number of nitrogens with zero attached hydrogens (tertiary/aromatic N) is 4. The molecule has 23 heavy (non-hydrogen) atoms. The summed E-state index contributed by atoms with van der Waals surface area (Å²) in [7, 11) is 0. The van der Waals surface area contributed by atoms with Crippen molar-refractivity contribution in [3.05, 3.63) is 72.1 Å². The fourth-order valence-corrected chi connectivity index (χ4v) is 3.43. The zero-order chi connectivity index (χ0) is 15.6. The highest BCUT2D eigenvalue weighted by atomic mass is 32.1. The first-order valence-electron chi connectivity index (χ1n) is 7.32. The molecule has 0 aliphatic rings. The van der Waals surface area contributed by atoms with Crippen LogP contribution in [0.3, 0.4) is 0 Å². The van der Waals surface area contributed by atoms with Crippen molar-refractivity contribution in [2.24, 2.45) is 4.99 Å². The molecule has 0 spiro atoms. The van der Waals surface area contributed by atoms with Gasteiger partial charge in [-0.05, 0) is 24.3 Å². The fourth-order valence-electron chi connectivity index (χ4n) is 2.44. The van der Waals surface area contributed by atoms with Crippen LogP contribution in [-0.4, -0.2) is 14.5 Å². The van der Waals surface area contributed by atoms with Gasteiger partial charge in [0.2, 0.25) is 0 Å². The van der Waals surface area contributed by atoms with Crippen LogP contribution in [0.25, 0.3) is 21.5 Å². The zero-order valence-electron chi connectivity index (χ0n) is 12.4. The lowest BCUT2D eigenvalue weighted by Crippen LogP contribution is -2.13. The minimum Gasteiger partial charge on any atom is -0.296 e. The first kappa shape index (κ1) is 13.8. The van der Waals surface area contributed by atoms with Crippen LogP contribution in [0, 0.1) is 0 Å². The second-order valence-electron chi connectivity index (χ2n) is 5.07. The summed E-state index contributed by atoms with van der Waals surface area (Å²) in [5.74, 6) is 0. The number of hydrogen-bond donors (Lipinski definition) is 0. The molecule has 0 aliphatic carbocycles. The molecule has 0 unspecified atom stereocenters. The van der Waals surface area contributed by atoms with E-state index >= 15 is 0 Å². The van der Waals surface area contributed by atoms with Crippen molar-refractivity contribution in [2.45, 2.75) is 6.54 Å². The third-order valence-electron chi connectivity index (χ3n) is 3.49. The molecule has 2 aromatic carbocycles. The summed E-state index contributed by atoms with van der Waals surface area (Å²) >= 11 is 1.55. The first-order chi connectivity index (χ1) is 11.3. The normalized spacial score (nSPS) is 12.1. The van der Waals surface area contributed by atoms with Crippen molar-refractivity contribution in [1.29, 1.82) is 0 Å². The number of thiazole rings is 1. The van der Waals surface area contributed by atoms with Crippen molar-refractivity contribution in [3.8, 4) is 0 Å². The van der Waals surface area contributed by atoms with Crippen molar-refractivity contribution in [2.75, 3.05) is 0 Å². The van der Waals surface area contributed by atoms with Crippen LogP contribution in [-0.2, 0) is 6.54 Å². The van der Waals surface area contributed by atoms with Gasteiger partial charge in [0.15, 0.2) is 15.3 Å². The third-order valence-corrected chi connectivity index (χ3v) is 4.45. The monoisotopic (exact) mass is 318 g/mol. The van der Waals surface area contributed by atoms with Gasteiger partial charge in [-0.25, -0.2) is 15.0 Å². The minimum atomic E-state index is 0.651.